The van der Waals surface area contributed by atoms with Crippen molar-refractivity contribution in [3.8, 4) is 11.5 Å². The number of methoxy groups -OCH3 is 2. The molecule has 130 valence electrons. The highest BCUT2D eigenvalue weighted by atomic mass is 16.5. The second kappa shape index (κ2) is 7.25. The maximum atomic E-state index is 12.4. The predicted molar refractivity (Wildman–Crippen MR) is 93.4 cm³/mol. The largest absolute Gasteiger partial charge is 0.493 e. The Hall–Kier alpha value is -3.02. The molecule has 1 aliphatic rings. The average Bonchev–Trinajstić information content (AvgIpc) is 2.67. The molecule has 2 amide bonds. The van der Waals surface area contributed by atoms with Gasteiger partial charge in [-0.15, -0.1) is 0 Å². The van der Waals surface area contributed by atoms with Gasteiger partial charge in [0.05, 0.1) is 14.2 Å². The quantitative estimate of drug-likeness (QED) is 0.872. The Kier molecular flexibility index (Phi) is 4.88. The normalized spacial score (nSPS) is 15.8. The lowest BCUT2D eigenvalue weighted by molar-refractivity contribution is 0.0935. The van der Waals surface area contributed by atoms with Gasteiger partial charge in [-0.2, -0.15) is 0 Å². The van der Waals surface area contributed by atoms with Gasteiger partial charge in [-0.25, -0.2) is 0 Å². The molecule has 2 aromatic rings. The first-order chi connectivity index (χ1) is 12.1. The van der Waals surface area contributed by atoms with Gasteiger partial charge in [-0.1, -0.05) is 18.2 Å². The third kappa shape index (κ3) is 3.42. The summed E-state index contributed by atoms with van der Waals surface area (Å²) in [6, 6.07) is 12.5. The van der Waals surface area contributed by atoms with Gasteiger partial charge in [0.25, 0.3) is 11.8 Å². The number of carbonyl (C=O) groups excluding carboxylic acids is 2. The first-order valence-electron chi connectivity index (χ1n) is 8.01. The van der Waals surface area contributed by atoms with Crippen LogP contribution in [0.4, 0.5) is 0 Å². The van der Waals surface area contributed by atoms with E-state index in [1.807, 2.05) is 18.2 Å². The lowest BCUT2D eigenvalue weighted by atomic mass is 9.90. The zero-order valence-electron chi connectivity index (χ0n) is 14.2. The van der Waals surface area contributed by atoms with Gasteiger partial charge in [0, 0.05) is 30.1 Å². The van der Waals surface area contributed by atoms with E-state index in [1.54, 1.807) is 31.4 Å². The van der Waals surface area contributed by atoms with Crippen LogP contribution in [0.1, 0.15) is 32.2 Å². The molecular formula is C19H20N2O4. The number of rotatable bonds is 5. The molecule has 0 spiro atoms. The maximum Gasteiger partial charge on any atom is 0.251 e. The SMILES string of the molecule is COc1ccc(C(=O)NCC2CNC(=O)c3ccccc32)cc1OC. The highest BCUT2D eigenvalue weighted by Crippen LogP contribution is 2.28. The third-order valence-corrected chi connectivity index (χ3v) is 4.31. The second-order valence-electron chi connectivity index (χ2n) is 5.77. The molecular weight excluding hydrogens is 320 g/mol. The van der Waals surface area contributed by atoms with Crippen LogP contribution in [0.25, 0.3) is 0 Å². The molecule has 0 aliphatic carbocycles. The summed E-state index contributed by atoms with van der Waals surface area (Å²) < 4.78 is 10.4. The van der Waals surface area contributed by atoms with E-state index in [4.69, 9.17) is 9.47 Å². The van der Waals surface area contributed by atoms with Crippen LogP contribution in [-0.4, -0.2) is 39.1 Å². The van der Waals surface area contributed by atoms with Gasteiger partial charge in [0.1, 0.15) is 0 Å². The standard InChI is InChI=1S/C19H20N2O4/c1-24-16-8-7-12(9-17(16)25-2)18(22)20-10-13-11-21-19(23)15-6-4-3-5-14(13)15/h3-9,13H,10-11H2,1-2H3,(H,20,22)(H,21,23). The van der Waals surface area contributed by atoms with Gasteiger partial charge in [-0.3, -0.25) is 9.59 Å². The first kappa shape index (κ1) is 16.8. The van der Waals surface area contributed by atoms with Crippen molar-refractivity contribution in [3.63, 3.8) is 0 Å². The number of nitrogens with one attached hydrogen (secondary N) is 2. The van der Waals surface area contributed by atoms with Gasteiger partial charge in [-0.05, 0) is 29.8 Å². The number of carbonyl (C=O) groups is 2. The van der Waals surface area contributed by atoms with Crippen LogP contribution in [0.15, 0.2) is 42.5 Å². The van der Waals surface area contributed by atoms with Crippen LogP contribution in [-0.2, 0) is 0 Å². The predicted octanol–water partition coefficient (Wildman–Crippen LogP) is 1.96. The number of benzene rings is 2. The van der Waals surface area contributed by atoms with Crippen molar-refractivity contribution < 1.29 is 19.1 Å². The number of hydrogen-bond acceptors (Lipinski definition) is 4. The van der Waals surface area contributed by atoms with E-state index in [0.717, 1.165) is 5.56 Å². The van der Waals surface area contributed by atoms with E-state index in [9.17, 15) is 9.59 Å². The third-order valence-electron chi connectivity index (χ3n) is 4.31. The molecule has 0 bridgehead atoms. The van der Waals surface area contributed by atoms with E-state index in [-0.39, 0.29) is 17.7 Å². The lowest BCUT2D eigenvalue weighted by Crippen LogP contribution is -2.40. The van der Waals surface area contributed by atoms with Crippen molar-refractivity contribution in [2.45, 2.75) is 5.92 Å². The molecule has 1 unspecified atom stereocenters. The zero-order valence-corrected chi connectivity index (χ0v) is 14.2. The Morgan fingerprint density at radius 1 is 1.16 bits per heavy atom. The van der Waals surface area contributed by atoms with Crippen molar-refractivity contribution in [1.29, 1.82) is 0 Å². The summed E-state index contributed by atoms with van der Waals surface area (Å²) in [5.41, 5.74) is 2.11. The average molecular weight is 340 g/mol. The van der Waals surface area contributed by atoms with Crippen LogP contribution in [0.2, 0.25) is 0 Å². The number of hydrogen-bond donors (Lipinski definition) is 2. The molecule has 1 aliphatic heterocycles. The summed E-state index contributed by atoms with van der Waals surface area (Å²) in [6.45, 7) is 0.937. The van der Waals surface area contributed by atoms with E-state index in [1.165, 1.54) is 7.11 Å². The Morgan fingerprint density at radius 3 is 2.68 bits per heavy atom. The molecule has 2 aromatic carbocycles. The van der Waals surface area contributed by atoms with Crippen LogP contribution in [0, 0.1) is 0 Å². The van der Waals surface area contributed by atoms with Crippen LogP contribution in [0.5, 0.6) is 11.5 Å². The highest BCUT2D eigenvalue weighted by Gasteiger charge is 2.25. The number of ether oxygens (including phenoxy) is 2. The van der Waals surface area contributed by atoms with Crippen molar-refractivity contribution in [3.05, 3.63) is 59.2 Å². The van der Waals surface area contributed by atoms with E-state index >= 15 is 0 Å². The first-order valence-corrected chi connectivity index (χ1v) is 8.01. The maximum absolute atomic E-state index is 12.4. The summed E-state index contributed by atoms with van der Waals surface area (Å²) >= 11 is 0. The monoisotopic (exact) mass is 340 g/mol. The molecule has 3 rings (SSSR count). The molecule has 6 heteroatoms. The Bertz CT molecular complexity index is 804. The fraction of sp³-hybridized carbons (Fsp3) is 0.263. The molecule has 1 atom stereocenters. The fourth-order valence-electron chi connectivity index (χ4n) is 2.96. The smallest absolute Gasteiger partial charge is 0.251 e. The number of fused-ring (bicyclic) bond motifs is 1. The molecule has 2 N–H and O–H groups in total. The van der Waals surface area contributed by atoms with Gasteiger partial charge >= 0.3 is 0 Å². The summed E-state index contributed by atoms with van der Waals surface area (Å²) in [5.74, 6) is 0.847. The molecule has 25 heavy (non-hydrogen) atoms. The van der Waals surface area contributed by atoms with Crippen molar-refractivity contribution in [1.82, 2.24) is 10.6 Å². The van der Waals surface area contributed by atoms with Gasteiger partial charge in [0.15, 0.2) is 11.5 Å². The Labute approximate surface area is 146 Å². The minimum absolute atomic E-state index is 0.0398. The number of amides is 2. The summed E-state index contributed by atoms with van der Waals surface area (Å²) in [4.78, 5) is 24.3. The van der Waals surface area contributed by atoms with Crippen molar-refractivity contribution >= 4 is 11.8 Å². The van der Waals surface area contributed by atoms with E-state index in [2.05, 4.69) is 10.6 Å². The molecule has 0 fully saturated rings. The summed E-state index contributed by atoms with van der Waals surface area (Å²) in [5, 5.41) is 5.78. The minimum atomic E-state index is -0.199. The lowest BCUT2D eigenvalue weighted by Gasteiger charge is -2.26. The Balaban J connectivity index is 1.71. The minimum Gasteiger partial charge on any atom is -0.493 e. The van der Waals surface area contributed by atoms with Crippen molar-refractivity contribution in [2.24, 2.45) is 0 Å². The van der Waals surface area contributed by atoms with Crippen LogP contribution in [0.3, 0.4) is 0 Å². The molecule has 0 saturated carbocycles. The zero-order chi connectivity index (χ0) is 17.8. The Morgan fingerprint density at radius 2 is 1.92 bits per heavy atom. The molecule has 6 nitrogen and oxygen atoms in total. The van der Waals surface area contributed by atoms with E-state index < -0.39 is 0 Å². The molecule has 0 radical (unpaired) electrons. The van der Waals surface area contributed by atoms with E-state index in [0.29, 0.717) is 35.7 Å². The van der Waals surface area contributed by atoms with Crippen molar-refractivity contribution in [2.75, 3.05) is 27.3 Å². The second-order valence-corrected chi connectivity index (χ2v) is 5.77. The summed E-state index contributed by atoms with van der Waals surface area (Å²) in [6.07, 6.45) is 0. The van der Waals surface area contributed by atoms with Crippen LogP contribution >= 0.6 is 0 Å². The molecule has 1 heterocycles. The van der Waals surface area contributed by atoms with Gasteiger partial charge in [0.2, 0.25) is 0 Å². The van der Waals surface area contributed by atoms with Crippen LogP contribution < -0.4 is 20.1 Å². The van der Waals surface area contributed by atoms with Gasteiger partial charge < -0.3 is 20.1 Å². The fourth-order valence-corrected chi connectivity index (χ4v) is 2.96. The topological polar surface area (TPSA) is 76.7 Å². The summed E-state index contributed by atoms with van der Waals surface area (Å²) in [7, 11) is 3.08. The molecule has 0 saturated heterocycles. The highest BCUT2D eigenvalue weighted by molar-refractivity contribution is 5.97. The molecule has 0 aromatic heterocycles.